The highest BCUT2D eigenvalue weighted by atomic mass is 35.5. The summed E-state index contributed by atoms with van der Waals surface area (Å²) >= 11 is 13.5. The van der Waals surface area contributed by atoms with Gasteiger partial charge in [-0.3, -0.25) is 4.79 Å². The summed E-state index contributed by atoms with van der Waals surface area (Å²) in [5.41, 5.74) is 1.48. The maximum atomic E-state index is 12.9. The van der Waals surface area contributed by atoms with Gasteiger partial charge in [-0.15, -0.1) is 11.3 Å². The fourth-order valence-corrected chi connectivity index (χ4v) is 4.50. The van der Waals surface area contributed by atoms with Crippen molar-refractivity contribution in [3.63, 3.8) is 0 Å². The summed E-state index contributed by atoms with van der Waals surface area (Å²) in [5, 5.41) is 17.6. The van der Waals surface area contributed by atoms with Crippen molar-refractivity contribution in [2.45, 2.75) is 12.8 Å². The summed E-state index contributed by atoms with van der Waals surface area (Å²) in [6, 6.07) is 6.09. The Morgan fingerprint density at radius 2 is 1.94 bits per heavy atom. The number of benzene rings is 1. The van der Waals surface area contributed by atoms with Gasteiger partial charge in [-0.2, -0.15) is 0 Å². The summed E-state index contributed by atoms with van der Waals surface area (Å²) in [6.45, 7) is 3.92. The summed E-state index contributed by atoms with van der Waals surface area (Å²) in [5.74, 6) is -0.272. The lowest BCUT2D eigenvalue weighted by atomic mass is 10.1. The van der Waals surface area contributed by atoms with Crippen LogP contribution in [0.2, 0.25) is 10.0 Å². The zero-order valence-corrected chi connectivity index (χ0v) is 19.5. The molecule has 0 fully saturated rings. The van der Waals surface area contributed by atoms with Gasteiger partial charge in [0.15, 0.2) is 5.13 Å². The predicted octanol–water partition coefficient (Wildman–Crippen LogP) is 4.39. The van der Waals surface area contributed by atoms with E-state index in [1.165, 1.54) is 34.5 Å². The number of aromatic hydroxyl groups is 1. The molecule has 32 heavy (non-hydrogen) atoms. The van der Waals surface area contributed by atoms with Crippen molar-refractivity contribution in [3.05, 3.63) is 56.6 Å². The number of likely N-dealkylation sites (N-methyl/N-ethyl adjacent to an activating group) is 1. The molecule has 3 aromatic rings. The van der Waals surface area contributed by atoms with Crippen LogP contribution < -0.4 is 10.6 Å². The van der Waals surface area contributed by atoms with Crippen LogP contribution in [0.4, 0.5) is 16.6 Å². The zero-order chi connectivity index (χ0) is 23.3. The molecule has 1 amide bonds. The second kappa shape index (κ2) is 10.7. The van der Waals surface area contributed by atoms with Crippen molar-refractivity contribution < 1.29 is 14.7 Å². The molecule has 1 aliphatic heterocycles. The number of amides is 1. The molecule has 0 bridgehead atoms. The van der Waals surface area contributed by atoms with Crippen LogP contribution in [0, 0.1) is 0 Å². The Labute approximate surface area is 199 Å². The summed E-state index contributed by atoms with van der Waals surface area (Å²) in [7, 11) is 2.10. The molecule has 0 atom stereocenters. The van der Waals surface area contributed by atoms with Gasteiger partial charge in [0.1, 0.15) is 18.4 Å². The highest BCUT2D eigenvalue weighted by molar-refractivity contribution is 7.15. The topological polar surface area (TPSA) is 107 Å². The van der Waals surface area contributed by atoms with Gasteiger partial charge in [0, 0.05) is 41.7 Å². The number of fused-ring (bicyclic) bond motifs is 1. The predicted molar refractivity (Wildman–Crippen MR) is 128 cm³/mol. The van der Waals surface area contributed by atoms with Gasteiger partial charge in [-0.25, -0.2) is 9.97 Å². The molecule has 0 radical (unpaired) electrons. The van der Waals surface area contributed by atoms with Crippen LogP contribution in [0.25, 0.3) is 0 Å². The van der Waals surface area contributed by atoms with E-state index in [0.29, 0.717) is 16.0 Å². The molecular formula is C21H21Cl2N5O3S. The average molecular weight is 494 g/mol. The third-order valence-corrected chi connectivity index (χ3v) is 6.27. The minimum Gasteiger partial charge on any atom is -0.506 e. The van der Waals surface area contributed by atoms with Crippen LogP contribution >= 0.6 is 34.5 Å². The standard InChI is InChI=1S/C20H19Cl2N5O2S.CH2O/c1-27-6-4-14-16(5-7-27)30-20(24-14)26-18-13(8-12(22)9-15(18)28)19(29)25-17-3-2-11(21)10-23-17;1-2/h2-3,8-10,28H,4-7H2,1H3,(H,24,26)(H,23,25,29);1H2. The van der Waals surface area contributed by atoms with Crippen molar-refractivity contribution in [3.8, 4) is 5.75 Å². The number of halogens is 2. The second-order valence-electron chi connectivity index (χ2n) is 6.98. The Kier molecular flexibility index (Phi) is 8.03. The number of thiazole rings is 1. The highest BCUT2D eigenvalue weighted by Gasteiger charge is 2.21. The number of rotatable bonds is 4. The van der Waals surface area contributed by atoms with Crippen LogP contribution in [0.3, 0.4) is 0 Å². The van der Waals surface area contributed by atoms with Crippen molar-refractivity contribution in [2.75, 3.05) is 30.8 Å². The Morgan fingerprint density at radius 1 is 1.19 bits per heavy atom. The van der Waals surface area contributed by atoms with E-state index in [1.807, 2.05) is 6.79 Å². The Balaban J connectivity index is 0.00000141. The van der Waals surface area contributed by atoms with Crippen molar-refractivity contribution in [2.24, 2.45) is 0 Å². The Morgan fingerprint density at radius 3 is 2.66 bits per heavy atom. The maximum absolute atomic E-state index is 12.9. The molecule has 168 valence electrons. The number of carbonyl (C=O) groups is 2. The van der Waals surface area contributed by atoms with E-state index in [4.69, 9.17) is 28.0 Å². The van der Waals surface area contributed by atoms with Crippen LogP contribution in [0.1, 0.15) is 20.9 Å². The molecule has 1 aliphatic rings. The number of carbonyl (C=O) groups excluding carboxylic acids is 2. The first-order valence-corrected chi connectivity index (χ1v) is 11.1. The van der Waals surface area contributed by atoms with Gasteiger partial charge in [-0.1, -0.05) is 23.2 Å². The molecule has 1 aromatic carbocycles. The van der Waals surface area contributed by atoms with E-state index in [2.05, 4.69) is 32.5 Å². The third-order valence-electron chi connectivity index (χ3n) is 4.76. The fourth-order valence-electron chi connectivity index (χ4n) is 3.17. The van der Waals surface area contributed by atoms with E-state index in [-0.39, 0.29) is 22.0 Å². The number of phenols is 1. The molecule has 0 aliphatic carbocycles. The largest absolute Gasteiger partial charge is 0.506 e. The van der Waals surface area contributed by atoms with Crippen molar-refractivity contribution in [1.29, 1.82) is 0 Å². The van der Waals surface area contributed by atoms with Gasteiger partial charge < -0.3 is 25.4 Å². The maximum Gasteiger partial charge on any atom is 0.259 e. The van der Waals surface area contributed by atoms with Crippen LogP contribution in [-0.4, -0.2) is 52.8 Å². The molecule has 2 aromatic heterocycles. The molecule has 0 spiro atoms. The number of anilines is 3. The van der Waals surface area contributed by atoms with Crippen LogP contribution in [-0.2, 0) is 17.6 Å². The third kappa shape index (κ3) is 5.74. The van der Waals surface area contributed by atoms with E-state index in [1.54, 1.807) is 12.1 Å². The molecule has 0 saturated carbocycles. The molecule has 8 nitrogen and oxygen atoms in total. The number of nitrogens with zero attached hydrogens (tertiary/aromatic N) is 3. The van der Waals surface area contributed by atoms with E-state index in [9.17, 15) is 9.90 Å². The SMILES string of the molecule is C=O.CN1CCc2nc(Nc3c(O)cc(Cl)cc3C(=O)Nc3ccc(Cl)cn3)sc2CC1. The normalized spacial score (nSPS) is 13.3. The first-order chi connectivity index (χ1) is 15.4. The average Bonchev–Trinajstić information content (AvgIpc) is 3.08. The lowest BCUT2D eigenvalue weighted by Gasteiger charge is -2.13. The van der Waals surface area contributed by atoms with Crippen molar-refractivity contribution in [1.82, 2.24) is 14.9 Å². The number of hydrogen-bond acceptors (Lipinski definition) is 8. The minimum atomic E-state index is -0.468. The fraction of sp³-hybridized carbons (Fsp3) is 0.238. The Bertz CT molecular complexity index is 1080. The van der Waals surface area contributed by atoms with E-state index in [0.717, 1.165) is 31.6 Å². The van der Waals surface area contributed by atoms with Gasteiger partial charge in [-0.05, 0) is 31.7 Å². The number of phenolic OH excluding ortho intramolecular Hbond substituents is 1. The molecule has 3 N–H and O–H groups in total. The lowest BCUT2D eigenvalue weighted by molar-refractivity contribution is -0.0980. The molecule has 0 unspecified atom stereocenters. The molecule has 0 saturated heterocycles. The zero-order valence-electron chi connectivity index (χ0n) is 17.2. The minimum absolute atomic E-state index is 0.137. The second-order valence-corrected chi connectivity index (χ2v) is 8.94. The molecular weight excluding hydrogens is 473 g/mol. The van der Waals surface area contributed by atoms with Crippen LogP contribution in [0.5, 0.6) is 5.75 Å². The first-order valence-electron chi connectivity index (χ1n) is 9.57. The number of nitrogens with one attached hydrogen (secondary N) is 2. The van der Waals surface area contributed by atoms with Gasteiger partial charge >= 0.3 is 0 Å². The monoisotopic (exact) mass is 493 g/mol. The number of hydrogen-bond donors (Lipinski definition) is 3. The number of pyridine rings is 1. The number of aromatic nitrogens is 2. The van der Waals surface area contributed by atoms with Crippen LogP contribution in [0.15, 0.2) is 30.5 Å². The van der Waals surface area contributed by atoms with E-state index >= 15 is 0 Å². The summed E-state index contributed by atoms with van der Waals surface area (Å²) < 4.78 is 0. The molecule has 3 heterocycles. The van der Waals surface area contributed by atoms with Crippen molar-refractivity contribution >= 4 is 63.9 Å². The highest BCUT2D eigenvalue weighted by Crippen LogP contribution is 2.36. The summed E-state index contributed by atoms with van der Waals surface area (Å²) in [6.07, 6.45) is 3.23. The van der Waals surface area contributed by atoms with Gasteiger partial charge in [0.25, 0.3) is 5.91 Å². The van der Waals surface area contributed by atoms with E-state index < -0.39 is 5.91 Å². The molecule has 11 heteroatoms. The van der Waals surface area contributed by atoms with Gasteiger partial charge in [0.05, 0.1) is 22.0 Å². The lowest BCUT2D eigenvalue weighted by Crippen LogP contribution is -2.20. The molecule has 4 rings (SSSR count). The first kappa shape index (κ1) is 23.9. The Hall–Kier alpha value is -2.72. The van der Waals surface area contributed by atoms with Gasteiger partial charge in [0.2, 0.25) is 0 Å². The quantitative estimate of drug-likeness (QED) is 0.462. The summed E-state index contributed by atoms with van der Waals surface area (Å²) in [4.78, 5) is 33.1. The smallest absolute Gasteiger partial charge is 0.259 e.